The third kappa shape index (κ3) is 2.76. The lowest BCUT2D eigenvalue weighted by Crippen LogP contribution is -2.18. The number of ether oxygens (including phenoxy) is 1. The molecule has 112 valence electrons. The predicted molar refractivity (Wildman–Crippen MR) is 70.3 cm³/mol. The summed E-state index contributed by atoms with van der Waals surface area (Å²) in [5.41, 5.74) is -1.47. The van der Waals surface area contributed by atoms with Gasteiger partial charge in [-0.25, -0.2) is 4.79 Å². The van der Waals surface area contributed by atoms with Crippen LogP contribution in [-0.2, 0) is 10.9 Å². The minimum atomic E-state index is -4.53. The molecule has 0 aliphatic carbocycles. The molecule has 0 saturated carbocycles. The quantitative estimate of drug-likeness (QED) is 0.867. The van der Waals surface area contributed by atoms with Gasteiger partial charge in [-0.3, -0.25) is 4.79 Å². The first-order valence-corrected chi connectivity index (χ1v) is 6.16. The molecular formula is C14H12F3NO3. The first-order chi connectivity index (χ1) is 9.75. The van der Waals surface area contributed by atoms with Crippen molar-refractivity contribution < 1.29 is 22.7 Å². The number of carbonyl (C=O) groups is 1. The van der Waals surface area contributed by atoms with Crippen molar-refractivity contribution in [2.24, 2.45) is 0 Å². The number of hydrogen-bond acceptors (Lipinski definition) is 3. The summed E-state index contributed by atoms with van der Waals surface area (Å²) in [6.45, 7) is 3.11. The van der Waals surface area contributed by atoms with Gasteiger partial charge in [0, 0.05) is 10.9 Å². The number of benzene rings is 1. The zero-order valence-electron chi connectivity index (χ0n) is 11.3. The predicted octanol–water partition coefficient (Wildman–Crippen LogP) is 3.03. The van der Waals surface area contributed by atoms with Gasteiger partial charge in [0.1, 0.15) is 5.69 Å². The molecule has 1 aromatic heterocycles. The van der Waals surface area contributed by atoms with Crippen molar-refractivity contribution >= 4 is 16.9 Å². The summed E-state index contributed by atoms with van der Waals surface area (Å²) in [7, 11) is 0. The number of aromatic amines is 1. The minimum Gasteiger partial charge on any atom is -0.461 e. The number of alkyl halides is 3. The van der Waals surface area contributed by atoms with Crippen molar-refractivity contribution in [1.82, 2.24) is 4.98 Å². The Morgan fingerprint density at radius 3 is 2.57 bits per heavy atom. The van der Waals surface area contributed by atoms with E-state index in [-0.39, 0.29) is 28.8 Å². The van der Waals surface area contributed by atoms with E-state index in [1.807, 2.05) is 0 Å². The Kier molecular flexibility index (Phi) is 3.76. The number of rotatable bonds is 2. The van der Waals surface area contributed by atoms with E-state index in [4.69, 9.17) is 4.74 Å². The lowest BCUT2D eigenvalue weighted by molar-refractivity contribution is -0.137. The highest BCUT2D eigenvalue weighted by atomic mass is 19.4. The number of nitrogens with one attached hydrogen (secondary N) is 1. The van der Waals surface area contributed by atoms with Gasteiger partial charge >= 0.3 is 12.1 Å². The van der Waals surface area contributed by atoms with Gasteiger partial charge in [0.2, 0.25) is 0 Å². The maximum atomic E-state index is 12.7. The Balaban J connectivity index is 2.71. The summed E-state index contributed by atoms with van der Waals surface area (Å²) in [6, 6.07) is 2.73. The number of pyridine rings is 1. The van der Waals surface area contributed by atoms with Gasteiger partial charge in [0.25, 0.3) is 0 Å². The third-order valence-electron chi connectivity index (χ3n) is 3.05. The molecule has 2 aromatic rings. The van der Waals surface area contributed by atoms with Gasteiger partial charge in [-0.2, -0.15) is 13.2 Å². The van der Waals surface area contributed by atoms with Crippen LogP contribution in [0.4, 0.5) is 13.2 Å². The highest BCUT2D eigenvalue weighted by Gasteiger charge is 2.31. The van der Waals surface area contributed by atoms with Crippen LogP contribution in [0, 0.1) is 6.92 Å². The highest BCUT2D eigenvalue weighted by molar-refractivity contribution is 5.92. The van der Waals surface area contributed by atoms with Crippen LogP contribution in [0.1, 0.15) is 28.5 Å². The van der Waals surface area contributed by atoms with Crippen LogP contribution in [-0.4, -0.2) is 17.6 Å². The Bertz CT molecular complexity index is 762. The van der Waals surface area contributed by atoms with Crippen molar-refractivity contribution in [2.45, 2.75) is 20.0 Å². The van der Waals surface area contributed by atoms with Crippen LogP contribution in [0.2, 0.25) is 0 Å². The third-order valence-corrected chi connectivity index (χ3v) is 3.05. The van der Waals surface area contributed by atoms with E-state index in [0.29, 0.717) is 0 Å². The van der Waals surface area contributed by atoms with Gasteiger partial charge in [-0.15, -0.1) is 0 Å². The van der Waals surface area contributed by atoms with Gasteiger partial charge in [0.15, 0.2) is 5.43 Å². The molecule has 1 aromatic carbocycles. The molecule has 21 heavy (non-hydrogen) atoms. The minimum absolute atomic E-state index is 0.0523. The fourth-order valence-electron chi connectivity index (χ4n) is 1.97. The SMILES string of the molecule is CCOC(=O)c1[nH]c2cc(C(F)(F)F)ccc2c(=O)c1C. The van der Waals surface area contributed by atoms with Crippen LogP contribution < -0.4 is 5.43 Å². The number of fused-ring (bicyclic) bond motifs is 1. The molecule has 1 heterocycles. The van der Waals surface area contributed by atoms with Crippen molar-refractivity contribution in [2.75, 3.05) is 6.61 Å². The smallest absolute Gasteiger partial charge is 0.416 e. The molecule has 2 rings (SSSR count). The topological polar surface area (TPSA) is 59.2 Å². The van der Waals surface area contributed by atoms with Crippen molar-refractivity contribution in [3.8, 4) is 0 Å². The Labute approximate surface area is 117 Å². The van der Waals surface area contributed by atoms with E-state index >= 15 is 0 Å². The van der Waals surface area contributed by atoms with Crippen molar-refractivity contribution in [3.05, 3.63) is 45.2 Å². The second-order valence-electron chi connectivity index (χ2n) is 4.43. The van der Waals surface area contributed by atoms with E-state index < -0.39 is 23.1 Å². The van der Waals surface area contributed by atoms with Crippen LogP contribution in [0.25, 0.3) is 10.9 Å². The van der Waals surface area contributed by atoms with E-state index in [1.54, 1.807) is 6.92 Å². The average molecular weight is 299 g/mol. The van der Waals surface area contributed by atoms with E-state index in [0.717, 1.165) is 18.2 Å². The molecular weight excluding hydrogens is 287 g/mol. The molecule has 4 nitrogen and oxygen atoms in total. The number of H-pyrrole nitrogens is 1. The standard InChI is InChI=1S/C14H12F3NO3/c1-3-21-13(20)11-7(2)12(19)9-5-4-8(14(15,16)17)6-10(9)18-11/h4-6H,3H2,1-2H3,(H,18,19). The zero-order chi connectivity index (χ0) is 15.8. The number of aromatic nitrogens is 1. The van der Waals surface area contributed by atoms with Gasteiger partial charge in [-0.05, 0) is 32.0 Å². The summed E-state index contributed by atoms with van der Waals surface area (Å²) in [6.07, 6.45) is -4.53. The first kappa shape index (κ1) is 15.1. The summed E-state index contributed by atoms with van der Waals surface area (Å²) < 4.78 is 42.9. The number of carbonyl (C=O) groups excluding carboxylic acids is 1. The lowest BCUT2D eigenvalue weighted by atomic mass is 10.1. The van der Waals surface area contributed by atoms with Gasteiger partial charge in [-0.1, -0.05) is 0 Å². The van der Waals surface area contributed by atoms with E-state index in [9.17, 15) is 22.8 Å². The van der Waals surface area contributed by atoms with Crippen LogP contribution >= 0.6 is 0 Å². The molecule has 1 N–H and O–H groups in total. The monoisotopic (exact) mass is 299 g/mol. The summed E-state index contributed by atoms with van der Waals surface area (Å²) >= 11 is 0. The molecule has 7 heteroatoms. The van der Waals surface area contributed by atoms with E-state index in [2.05, 4.69) is 4.98 Å². The summed E-state index contributed by atoms with van der Waals surface area (Å²) in [5, 5.41) is 0.0912. The molecule has 0 fully saturated rings. The average Bonchev–Trinajstić information content (AvgIpc) is 2.41. The molecule has 0 saturated heterocycles. The summed E-state index contributed by atoms with van der Waals surface area (Å²) in [5.74, 6) is -0.772. The van der Waals surface area contributed by atoms with Crippen molar-refractivity contribution in [3.63, 3.8) is 0 Å². The Morgan fingerprint density at radius 2 is 2.00 bits per heavy atom. The zero-order valence-corrected chi connectivity index (χ0v) is 11.3. The van der Waals surface area contributed by atoms with Crippen molar-refractivity contribution in [1.29, 1.82) is 0 Å². The summed E-state index contributed by atoms with van der Waals surface area (Å²) in [4.78, 5) is 26.4. The maximum Gasteiger partial charge on any atom is 0.416 e. The maximum absolute atomic E-state index is 12.7. The number of hydrogen-bond donors (Lipinski definition) is 1. The largest absolute Gasteiger partial charge is 0.461 e. The molecule has 0 atom stereocenters. The van der Waals surface area contributed by atoms with Crippen LogP contribution in [0.15, 0.2) is 23.0 Å². The normalized spacial score (nSPS) is 11.7. The van der Waals surface area contributed by atoms with Crippen LogP contribution in [0.5, 0.6) is 0 Å². The molecule has 0 unspecified atom stereocenters. The second-order valence-corrected chi connectivity index (χ2v) is 4.43. The lowest BCUT2D eigenvalue weighted by Gasteiger charge is -2.10. The molecule has 0 amide bonds. The first-order valence-electron chi connectivity index (χ1n) is 6.16. The number of halogens is 3. The van der Waals surface area contributed by atoms with E-state index in [1.165, 1.54) is 6.92 Å². The Morgan fingerprint density at radius 1 is 1.33 bits per heavy atom. The molecule has 0 bridgehead atoms. The fourth-order valence-corrected chi connectivity index (χ4v) is 1.97. The Hall–Kier alpha value is -2.31. The molecule has 0 spiro atoms. The molecule has 0 aliphatic rings. The molecule has 0 aliphatic heterocycles. The van der Waals surface area contributed by atoms with Gasteiger partial charge < -0.3 is 9.72 Å². The molecule has 0 radical (unpaired) electrons. The second kappa shape index (κ2) is 5.23. The fraction of sp³-hybridized carbons (Fsp3) is 0.286. The number of esters is 1. The van der Waals surface area contributed by atoms with Crippen LogP contribution in [0.3, 0.4) is 0 Å². The highest BCUT2D eigenvalue weighted by Crippen LogP contribution is 2.30. The van der Waals surface area contributed by atoms with Gasteiger partial charge in [0.05, 0.1) is 17.7 Å².